The van der Waals surface area contributed by atoms with Crippen LogP contribution >= 0.6 is 39.3 Å². The number of benzene rings is 1. The van der Waals surface area contributed by atoms with Crippen LogP contribution in [0.4, 0.5) is 0 Å². The summed E-state index contributed by atoms with van der Waals surface area (Å²) in [4.78, 5) is 10.5. The Bertz CT molecular complexity index is 634. The van der Waals surface area contributed by atoms with Crippen molar-refractivity contribution < 1.29 is 9.90 Å². The standard InChI is InChI=1S/C10H8BrClN4O2S/c11-6-3-5(1-2-7(6)12)9-14-15-10(16(9)13)19-4-8(17)18/h1-3H,4,13H2,(H,17,18). The van der Waals surface area contributed by atoms with Crippen molar-refractivity contribution in [2.24, 2.45) is 0 Å². The molecule has 0 bridgehead atoms. The normalized spacial score (nSPS) is 10.6. The number of nitrogens with zero attached hydrogens (tertiary/aromatic N) is 3. The zero-order valence-electron chi connectivity index (χ0n) is 9.38. The van der Waals surface area contributed by atoms with Crippen LogP contribution in [-0.4, -0.2) is 31.7 Å². The number of hydrogen-bond donors (Lipinski definition) is 2. The lowest BCUT2D eigenvalue weighted by Crippen LogP contribution is -2.12. The van der Waals surface area contributed by atoms with Crippen molar-refractivity contribution in [3.05, 3.63) is 27.7 Å². The highest BCUT2D eigenvalue weighted by molar-refractivity contribution is 9.10. The number of halogens is 2. The summed E-state index contributed by atoms with van der Waals surface area (Å²) in [6.07, 6.45) is 0. The summed E-state index contributed by atoms with van der Waals surface area (Å²) in [5.74, 6) is 5.21. The highest BCUT2D eigenvalue weighted by atomic mass is 79.9. The molecule has 0 atom stereocenters. The van der Waals surface area contributed by atoms with Gasteiger partial charge in [-0.3, -0.25) is 4.79 Å². The molecule has 0 aliphatic rings. The third-order valence-corrected chi connectivity index (χ3v) is 4.31. The Morgan fingerprint density at radius 1 is 1.53 bits per heavy atom. The van der Waals surface area contributed by atoms with Crippen LogP contribution in [0, 0.1) is 0 Å². The molecule has 1 heterocycles. The zero-order chi connectivity index (χ0) is 14.0. The fourth-order valence-corrected chi connectivity index (χ4v) is 2.41. The Morgan fingerprint density at radius 3 is 2.89 bits per heavy atom. The molecule has 0 unspecified atom stereocenters. The molecule has 0 radical (unpaired) electrons. The van der Waals surface area contributed by atoms with Crippen LogP contribution < -0.4 is 5.84 Å². The van der Waals surface area contributed by atoms with Gasteiger partial charge in [0.05, 0.1) is 10.8 Å². The number of nitrogen functional groups attached to an aromatic ring is 1. The van der Waals surface area contributed by atoms with Crippen LogP contribution in [0.5, 0.6) is 0 Å². The van der Waals surface area contributed by atoms with Gasteiger partial charge in [-0.05, 0) is 34.1 Å². The number of rotatable bonds is 4. The number of hydrogen-bond acceptors (Lipinski definition) is 5. The predicted octanol–water partition coefficient (Wildman–Crippen LogP) is 2.25. The zero-order valence-corrected chi connectivity index (χ0v) is 12.5. The first-order chi connectivity index (χ1) is 8.99. The first-order valence-corrected chi connectivity index (χ1v) is 7.15. The Labute approximate surface area is 126 Å². The largest absolute Gasteiger partial charge is 0.481 e. The molecule has 3 N–H and O–H groups in total. The van der Waals surface area contributed by atoms with Gasteiger partial charge in [-0.15, -0.1) is 10.2 Å². The third kappa shape index (κ3) is 3.20. The summed E-state index contributed by atoms with van der Waals surface area (Å²) in [6.45, 7) is 0. The predicted molar refractivity (Wildman–Crippen MR) is 76.7 cm³/mol. The van der Waals surface area contributed by atoms with Gasteiger partial charge in [0, 0.05) is 10.0 Å². The molecule has 0 fully saturated rings. The quantitative estimate of drug-likeness (QED) is 0.639. The highest BCUT2D eigenvalue weighted by Crippen LogP contribution is 2.28. The molecule has 2 aromatic rings. The minimum Gasteiger partial charge on any atom is -0.481 e. The summed E-state index contributed by atoms with van der Waals surface area (Å²) in [7, 11) is 0. The summed E-state index contributed by atoms with van der Waals surface area (Å²) in [6, 6.07) is 5.23. The maximum Gasteiger partial charge on any atom is 0.313 e. The molecule has 2 rings (SSSR count). The van der Waals surface area contributed by atoms with E-state index in [1.165, 1.54) is 4.68 Å². The molecule has 6 nitrogen and oxygen atoms in total. The molecular weight excluding hydrogens is 356 g/mol. The van der Waals surface area contributed by atoms with E-state index in [1.807, 2.05) is 0 Å². The van der Waals surface area contributed by atoms with Crippen LogP contribution in [-0.2, 0) is 4.79 Å². The summed E-state index contributed by atoms with van der Waals surface area (Å²) < 4.78 is 1.97. The Morgan fingerprint density at radius 2 is 2.26 bits per heavy atom. The molecule has 100 valence electrons. The van der Waals surface area contributed by atoms with Gasteiger partial charge in [-0.2, -0.15) is 0 Å². The van der Waals surface area contributed by atoms with E-state index in [2.05, 4.69) is 26.1 Å². The van der Waals surface area contributed by atoms with E-state index in [1.54, 1.807) is 18.2 Å². The van der Waals surface area contributed by atoms with Gasteiger partial charge in [0.1, 0.15) is 0 Å². The number of thioether (sulfide) groups is 1. The van der Waals surface area contributed by atoms with Gasteiger partial charge < -0.3 is 10.9 Å². The SMILES string of the molecule is Nn1c(SCC(=O)O)nnc1-c1ccc(Cl)c(Br)c1. The van der Waals surface area contributed by atoms with Gasteiger partial charge in [0.15, 0.2) is 5.82 Å². The van der Waals surface area contributed by atoms with Gasteiger partial charge in [-0.1, -0.05) is 23.4 Å². The lowest BCUT2D eigenvalue weighted by Gasteiger charge is -2.04. The van der Waals surface area contributed by atoms with Crippen molar-refractivity contribution in [1.82, 2.24) is 14.9 Å². The topological polar surface area (TPSA) is 94.0 Å². The second-order valence-electron chi connectivity index (χ2n) is 3.49. The molecule has 9 heteroatoms. The second kappa shape index (κ2) is 5.81. The molecular formula is C10H8BrClN4O2S. The van der Waals surface area contributed by atoms with Crippen molar-refractivity contribution in [2.75, 3.05) is 11.6 Å². The number of aromatic nitrogens is 3. The Hall–Kier alpha value is -1.25. The molecule has 1 aromatic heterocycles. The Kier molecular flexibility index (Phi) is 4.33. The van der Waals surface area contributed by atoms with E-state index >= 15 is 0 Å². The number of carboxylic acids is 1. The van der Waals surface area contributed by atoms with Crippen LogP contribution in [0.3, 0.4) is 0 Å². The summed E-state index contributed by atoms with van der Waals surface area (Å²) in [5.41, 5.74) is 0.730. The smallest absolute Gasteiger partial charge is 0.313 e. The monoisotopic (exact) mass is 362 g/mol. The van der Waals surface area contributed by atoms with Crippen molar-refractivity contribution >= 4 is 45.3 Å². The first kappa shape index (κ1) is 14.2. The van der Waals surface area contributed by atoms with E-state index in [9.17, 15) is 4.79 Å². The molecule has 0 saturated carbocycles. The maximum absolute atomic E-state index is 10.5. The van der Waals surface area contributed by atoms with Gasteiger partial charge in [0.2, 0.25) is 5.16 Å². The fraction of sp³-hybridized carbons (Fsp3) is 0.100. The fourth-order valence-electron chi connectivity index (χ4n) is 1.33. The molecule has 0 aliphatic carbocycles. The van der Waals surface area contributed by atoms with E-state index in [0.717, 1.165) is 21.8 Å². The van der Waals surface area contributed by atoms with Crippen molar-refractivity contribution in [3.63, 3.8) is 0 Å². The van der Waals surface area contributed by atoms with Gasteiger partial charge in [-0.25, -0.2) is 4.68 Å². The lowest BCUT2D eigenvalue weighted by molar-refractivity contribution is -0.133. The van der Waals surface area contributed by atoms with Crippen LogP contribution in [0.15, 0.2) is 27.8 Å². The average Bonchev–Trinajstić information content (AvgIpc) is 2.72. The molecule has 1 aromatic carbocycles. The average molecular weight is 364 g/mol. The molecule has 0 saturated heterocycles. The molecule has 0 spiro atoms. The maximum atomic E-state index is 10.5. The van der Waals surface area contributed by atoms with Crippen LogP contribution in [0.1, 0.15) is 0 Å². The number of aliphatic carboxylic acids is 1. The van der Waals surface area contributed by atoms with Crippen molar-refractivity contribution in [1.29, 1.82) is 0 Å². The Balaban J connectivity index is 2.30. The number of carboxylic acid groups (broad SMARTS) is 1. The van der Waals surface area contributed by atoms with E-state index in [-0.39, 0.29) is 5.75 Å². The van der Waals surface area contributed by atoms with E-state index < -0.39 is 5.97 Å². The summed E-state index contributed by atoms with van der Waals surface area (Å²) >= 11 is 10.2. The van der Waals surface area contributed by atoms with E-state index in [4.69, 9.17) is 22.6 Å². The molecule has 19 heavy (non-hydrogen) atoms. The molecule has 0 amide bonds. The third-order valence-electron chi connectivity index (χ3n) is 2.17. The minimum atomic E-state index is -0.941. The van der Waals surface area contributed by atoms with Crippen molar-refractivity contribution in [3.8, 4) is 11.4 Å². The van der Waals surface area contributed by atoms with Gasteiger partial charge in [0.25, 0.3) is 0 Å². The van der Waals surface area contributed by atoms with Crippen molar-refractivity contribution in [2.45, 2.75) is 5.16 Å². The second-order valence-corrected chi connectivity index (χ2v) is 5.69. The summed E-state index contributed by atoms with van der Waals surface area (Å²) in [5, 5.41) is 17.3. The number of carbonyl (C=O) groups is 1. The van der Waals surface area contributed by atoms with Crippen LogP contribution in [0.25, 0.3) is 11.4 Å². The number of nitrogens with two attached hydrogens (primary N) is 1. The van der Waals surface area contributed by atoms with Crippen LogP contribution in [0.2, 0.25) is 5.02 Å². The molecule has 0 aliphatic heterocycles. The minimum absolute atomic E-state index is 0.125. The highest BCUT2D eigenvalue weighted by Gasteiger charge is 2.14. The van der Waals surface area contributed by atoms with Gasteiger partial charge >= 0.3 is 5.97 Å². The van der Waals surface area contributed by atoms with E-state index in [0.29, 0.717) is 16.0 Å². The first-order valence-electron chi connectivity index (χ1n) is 4.99. The lowest BCUT2D eigenvalue weighted by atomic mass is 10.2.